The number of amides is 1. The molecule has 3 aromatic rings. The molecule has 1 N–H and O–H groups in total. The maximum Gasteiger partial charge on any atom is 0.228 e. The molecule has 0 bridgehead atoms. The SMILES string of the molecule is COc1cc(OC)c(NC(=O)Cc2cn(C)c3ccccc23)cc1Cl. The number of benzene rings is 2. The van der Waals surface area contributed by atoms with Crippen LogP contribution >= 0.6 is 11.6 Å². The lowest BCUT2D eigenvalue weighted by atomic mass is 10.1. The normalized spacial score (nSPS) is 10.7. The van der Waals surface area contributed by atoms with Crippen LogP contribution in [0.25, 0.3) is 10.9 Å². The van der Waals surface area contributed by atoms with Gasteiger partial charge < -0.3 is 19.4 Å². The van der Waals surface area contributed by atoms with Gasteiger partial charge in [0, 0.05) is 30.2 Å². The Hall–Kier alpha value is -2.66. The standard InChI is InChI=1S/C19H19ClN2O3/c1-22-11-12(13-6-4-5-7-16(13)22)8-19(23)21-15-9-14(20)17(24-2)10-18(15)25-3/h4-7,9-11H,8H2,1-3H3,(H,21,23). The Labute approximate surface area is 151 Å². The van der Waals surface area contributed by atoms with Crippen molar-refractivity contribution in [3.8, 4) is 11.5 Å². The van der Waals surface area contributed by atoms with Gasteiger partial charge in [-0.1, -0.05) is 29.8 Å². The zero-order valence-electron chi connectivity index (χ0n) is 14.3. The Morgan fingerprint density at radius 3 is 2.60 bits per heavy atom. The van der Waals surface area contributed by atoms with Gasteiger partial charge in [-0.2, -0.15) is 0 Å². The molecule has 0 atom stereocenters. The number of rotatable bonds is 5. The highest BCUT2D eigenvalue weighted by atomic mass is 35.5. The number of nitrogens with zero attached hydrogens (tertiary/aromatic N) is 1. The fourth-order valence-electron chi connectivity index (χ4n) is 2.89. The van der Waals surface area contributed by atoms with Crippen molar-refractivity contribution in [2.45, 2.75) is 6.42 Å². The summed E-state index contributed by atoms with van der Waals surface area (Å²) < 4.78 is 12.5. The zero-order chi connectivity index (χ0) is 18.0. The van der Waals surface area contributed by atoms with Gasteiger partial charge in [-0.05, 0) is 17.7 Å². The average molecular weight is 359 g/mol. The third kappa shape index (κ3) is 3.42. The van der Waals surface area contributed by atoms with E-state index in [-0.39, 0.29) is 12.3 Å². The van der Waals surface area contributed by atoms with E-state index in [9.17, 15) is 4.79 Å². The summed E-state index contributed by atoms with van der Waals surface area (Å²) in [5.74, 6) is 0.842. The van der Waals surface area contributed by atoms with Crippen LogP contribution in [0.4, 0.5) is 5.69 Å². The monoisotopic (exact) mass is 358 g/mol. The van der Waals surface area contributed by atoms with Crippen molar-refractivity contribution in [3.05, 3.63) is 53.2 Å². The second-order valence-corrected chi connectivity index (χ2v) is 6.10. The van der Waals surface area contributed by atoms with Gasteiger partial charge in [0.05, 0.1) is 31.4 Å². The molecule has 0 unspecified atom stereocenters. The fourth-order valence-corrected chi connectivity index (χ4v) is 3.13. The summed E-state index contributed by atoms with van der Waals surface area (Å²) >= 11 is 6.15. The van der Waals surface area contributed by atoms with Gasteiger partial charge in [-0.25, -0.2) is 0 Å². The largest absolute Gasteiger partial charge is 0.495 e. The third-order valence-electron chi connectivity index (χ3n) is 4.08. The first-order chi connectivity index (χ1) is 12.0. The minimum atomic E-state index is -0.143. The molecule has 0 fully saturated rings. The Balaban J connectivity index is 1.84. The highest BCUT2D eigenvalue weighted by Gasteiger charge is 2.15. The molecule has 0 aliphatic heterocycles. The highest BCUT2D eigenvalue weighted by Crippen LogP contribution is 2.36. The Bertz CT molecular complexity index is 934. The molecule has 0 saturated heterocycles. The van der Waals surface area contributed by atoms with E-state index in [0.717, 1.165) is 16.5 Å². The van der Waals surface area contributed by atoms with E-state index >= 15 is 0 Å². The number of ether oxygens (including phenoxy) is 2. The Kier molecular flexibility index (Phi) is 4.86. The fraction of sp³-hybridized carbons (Fsp3) is 0.211. The molecular weight excluding hydrogens is 340 g/mol. The lowest BCUT2D eigenvalue weighted by Crippen LogP contribution is -2.15. The molecule has 5 nitrogen and oxygen atoms in total. The molecule has 0 spiro atoms. The summed E-state index contributed by atoms with van der Waals surface area (Å²) in [5.41, 5.74) is 2.57. The second-order valence-electron chi connectivity index (χ2n) is 5.69. The van der Waals surface area contributed by atoms with Crippen LogP contribution in [-0.2, 0) is 18.3 Å². The van der Waals surface area contributed by atoms with Crippen molar-refractivity contribution in [2.24, 2.45) is 7.05 Å². The molecule has 0 aliphatic carbocycles. The smallest absolute Gasteiger partial charge is 0.228 e. The highest BCUT2D eigenvalue weighted by molar-refractivity contribution is 6.32. The average Bonchev–Trinajstić information content (AvgIpc) is 2.91. The molecule has 130 valence electrons. The van der Waals surface area contributed by atoms with E-state index in [2.05, 4.69) is 5.32 Å². The number of aryl methyl sites for hydroxylation is 1. The van der Waals surface area contributed by atoms with Crippen molar-refractivity contribution in [1.82, 2.24) is 4.57 Å². The topological polar surface area (TPSA) is 52.5 Å². The number of para-hydroxylation sites is 1. The predicted octanol–water partition coefficient (Wildman–Crippen LogP) is 4.03. The quantitative estimate of drug-likeness (QED) is 0.749. The van der Waals surface area contributed by atoms with Gasteiger partial charge in [0.1, 0.15) is 11.5 Å². The lowest BCUT2D eigenvalue weighted by molar-refractivity contribution is -0.115. The Morgan fingerprint density at radius 2 is 1.88 bits per heavy atom. The van der Waals surface area contributed by atoms with E-state index in [4.69, 9.17) is 21.1 Å². The zero-order valence-corrected chi connectivity index (χ0v) is 15.1. The summed E-state index contributed by atoms with van der Waals surface area (Å²) in [6.07, 6.45) is 2.23. The van der Waals surface area contributed by atoms with Crippen LogP contribution in [0, 0.1) is 0 Å². The minimum absolute atomic E-state index is 0.143. The summed E-state index contributed by atoms with van der Waals surface area (Å²) in [5, 5.41) is 4.34. The van der Waals surface area contributed by atoms with Crippen LogP contribution in [0.2, 0.25) is 5.02 Å². The van der Waals surface area contributed by atoms with E-state index in [0.29, 0.717) is 22.2 Å². The van der Waals surface area contributed by atoms with E-state index in [1.54, 1.807) is 12.1 Å². The van der Waals surface area contributed by atoms with E-state index < -0.39 is 0 Å². The number of carbonyl (C=O) groups excluding carboxylic acids is 1. The number of anilines is 1. The van der Waals surface area contributed by atoms with Gasteiger partial charge in [0.2, 0.25) is 5.91 Å². The molecule has 3 rings (SSSR count). The molecular formula is C19H19ClN2O3. The molecule has 1 aromatic heterocycles. The van der Waals surface area contributed by atoms with Crippen LogP contribution in [0.1, 0.15) is 5.56 Å². The molecule has 2 aromatic carbocycles. The van der Waals surface area contributed by atoms with Gasteiger partial charge in [0.15, 0.2) is 0 Å². The number of halogens is 1. The summed E-state index contributed by atoms with van der Waals surface area (Å²) in [4.78, 5) is 12.5. The number of hydrogen-bond donors (Lipinski definition) is 1. The molecule has 0 radical (unpaired) electrons. The molecule has 25 heavy (non-hydrogen) atoms. The van der Waals surface area contributed by atoms with Crippen LogP contribution < -0.4 is 14.8 Å². The third-order valence-corrected chi connectivity index (χ3v) is 4.37. The minimum Gasteiger partial charge on any atom is -0.495 e. The van der Waals surface area contributed by atoms with Crippen molar-refractivity contribution in [2.75, 3.05) is 19.5 Å². The first-order valence-corrected chi connectivity index (χ1v) is 8.15. The number of hydrogen-bond acceptors (Lipinski definition) is 3. The molecule has 0 aliphatic rings. The van der Waals surface area contributed by atoms with Gasteiger partial charge >= 0.3 is 0 Å². The van der Waals surface area contributed by atoms with E-state index in [1.807, 2.05) is 42.1 Å². The Morgan fingerprint density at radius 1 is 1.16 bits per heavy atom. The van der Waals surface area contributed by atoms with Gasteiger partial charge in [-0.3, -0.25) is 4.79 Å². The molecule has 1 amide bonds. The number of methoxy groups -OCH3 is 2. The summed E-state index contributed by atoms with van der Waals surface area (Å²) in [7, 11) is 5.03. The van der Waals surface area contributed by atoms with Crippen molar-refractivity contribution in [1.29, 1.82) is 0 Å². The van der Waals surface area contributed by atoms with Crippen molar-refractivity contribution < 1.29 is 14.3 Å². The summed E-state index contributed by atoms with van der Waals surface area (Å²) in [6.45, 7) is 0. The van der Waals surface area contributed by atoms with Crippen molar-refractivity contribution >= 4 is 34.1 Å². The molecule has 1 heterocycles. The van der Waals surface area contributed by atoms with Crippen LogP contribution in [0.3, 0.4) is 0 Å². The first kappa shape index (κ1) is 17.2. The van der Waals surface area contributed by atoms with Crippen LogP contribution in [0.15, 0.2) is 42.6 Å². The number of fused-ring (bicyclic) bond motifs is 1. The number of aromatic nitrogens is 1. The molecule has 0 saturated carbocycles. The maximum atomic E-state index is 12.5. The second kappa shape index (κ2) is 7.07. The first-order valence-electron chi connectivity index (χ1n) is 7.77. The van der Waals surface area contributed by atoms with Gasteiger partial charge in [0.25, 0.3) is 0 Å². The molecule has 6 heteroatoms. The summed E-state index contributed by atoms with van der Waals surface area (Å²) in [6, 6.07) is 11.3. The van der Waals surface area contributed by atoms with Crippen molar-refractivity contribution in [3.63, 3.8) is 0 Å². The van der Waals surface area contributed by atoms with E-state index in [1.165, 1.54) is 14.2 Å². The number of nitrogens with one attached hydrogen (secondary N) is 1. The lowest BCUT2D eigenvalue weighted by Gasteiger charge is -2.13. The number of carbonyl (C=O) groups is 1. The van der Waals surface area contributed by atoms with Crippen LogP contribution in [-0.4, -0.2) is 24.7 Å². The van der Waals surface area contributed by atoms with Crippen LogP contribution in [0.5, 0.6) is 11.5 Å². The maximum absolute atomic E-state index is 12.5. The predicted molar refractivity (Wildman–Crippen MR) is 99.8 cm³/mol. The van der Waals surface area contributed by atoms with Gasteiger partial charge in [-0.15, -0.1) is 0 Å².